The predicted octanol–water partition coefficient (Wildman–Crippen LogP) is 3.62. The Morgan fingerprint density at radius 3 is 2.86 bits per heavy atom. The highest BCUT2D eigenvalue weighted by Crippen LogP contribution is 2.35. The van der Waals surface area contributed by atoms with Crippen LogP contribution in [0.1, 0.15) is 37.0 Å². The normalized spacial score (nSPS) is 14.5. The molecule has 0 bridgehead atoms. The Balaban J connectivity index is 1.76. The number of halogens is 2. The standard InChI is InChI=1S/C14H12ClFN4O/c15-11-6-10(4-5-12(11)16)20(8-17)7-13-18-19-14(21-13)9-2-1-3-9/h4-6,9H,1-3,7H2. The third kappa shape index (κ3) is 2.83. The predicted molar refractivity (Wildman–Crippen MR) is 74.1 cm³/mol. The smallest absolute Gasteiger partial charge is 0.237 e. The van der Waals surface area contributed by atoms with E-state index in [1.54, 1.807) is 0 Å². The molecule has 0 unspecified atom stereocenters. The van der Waals surface area contributed by atoms with E-state index >= 15 is 0 Å². The summed E-state index contributed by atoms with van der Waals surface area (Å²) in [6, 6.07) is 4.09. The van der Waals surface area contributed by atoms with E-state index in [0.717, 1.165) is 12.8 Å². The van der Waals surface area contributed by atoms with Crippen molar-refractivity contribution in [2.75, 3.05) is 4.90 Å². The van der Waals surface area contributed by atoms with Crippen LogP contribution in [-0.2, 0) is 6.54 Å². The van der Waals surface area contributed by atoms with Crippen LogP contribution in [0.25, 0.3) is 0 Å². The van der Waals surface area contributed by atoms with Crippen molar-refractivity contribution in [3.05, 3.63) is 40.8 Å². The first-order chi connectivity index (χ1) is 10.2. The number of hydrogen-bond acceptors (Lipinski definition) is 5. The van der Waals surface area contributed by atoms with Crippen LogP contribution in [-0.4, -0.2) is 10.2 Å². The molecule has 5 nitrogen and oxygen atoms in total. The SMILES string of the molecule is N#CN(Cc1nnc(C2CCC2)o1)c1ccc(F)c(Cl)c1. The second-order valence-electron chi connectivity index (χ2n) is 4.95. The molecule has 1 aromatic heterocycles. The molecule has 1 saturated carbocycles. The summed E-state index contributed by atoms with van der Waals surface area (Å²) in [5.74, 6) is 0.815. The Morgan fingerprint density at radius 2 is 2.24 bits per heavy atom. The number of aromatic nitrogens is 2. The lowest BCUT2D eigenvalue weighted by Gasteiger charge is -2.20. The van der Waals surface area contributed by atoms with Crippen LogP contribution in [0.4, 0.5) is 10.1 Å². The Labute approximate surface area is 125 Å². The average molecular weight is 307 g/mol. The second kappa shape index (κ2) is 5.70. The molecule has 0 amide bonds. The van der Waals surface area contributed by atoms with Crippen LogP contribution >= 0.6 is 11.6 Å². The molecule has 7 heteroatoms. The van der Waals surface area contributed by atoms with E-state index < -0.39 is 5.82 Å². The quantitative estimate of drug-likeness (QED) is 0.637. The van der Waals surface area contributed by atoms with Crippen molar-refractivity contribution in [3.8, 4) is 6.19 Å². The van der Waals surface area contributed by atoms with Crippen molar-refractivity contribution in [1.29, 1.82) is 5.26 Å². The molecule has 2 aromatic rings. The molecule has 0 atom stereocenters. The zero-order valence-corrected chi connectivity index (χ0v) is 11.8. The van der Waals surface area contributed by atoms with Gasteiger partial charge in [0, 0.05) is 5.92 Å². The van der Waals surface area contributed by atoms with Gasteiger partial charge in [0.1, 0.15) is 12.4 Å². The lowest BCUT2D eigenvalue weighted by molar-refractivity contribution is 0.325. The lowest BCUT2D eigenvalue weighted by atomic mass is 9.85. The molecule has 0 radical (unpaired) electrons. The maximum atomic E-state index is 13.2. The largest absolute Gasteiger partial charge is 0.423 e. The van der Waals surface area contributed by atoms with Gasteiger partial charge in [0.2, 0.25) is 11.8 Å². The molecule has 0 N–H and O–H groups in total. The maximum absolute atomic E-state index is 13.2. The van der Waals surface area contributed by atoms with Gasteiger partial charge in [-0.3, -0.25) is 4.90 Å². The van der Waals surface area contributed by atoms with Gasteiger partial charge in [0.05, 0.1) is 10.7 Å². The summed E-state index contributed by atoms with van der Waals surface area (Å²) in [7, 11) is 0. The number of anilines is 1. The van der Waals surface area contributed by atoms with Gasteiger partial charge >= 0.3 is 0 Å². The average Bonchev–Trinajstić information content (AvgIpc) is 2.85. The third-order valence-corrected chi connectivity index (χ3v) is 3.86. The summed E-state index contributed by atoms with van der Waals surface area (Å²) in [6.45, 7) is 0.137. The zero-order chi connectivity index (χ0) is 14.8. The minimum Gasteiger partial charge on any atom is -0.423 e. The van der Waals surface area contributed by atoms with E-state index in [1.165, 1.54) is 29.5 Å². The van der Waals surface area contributed by atoms with Gasteiger partial charge in [0.25, 0.3) is 0 Å². The van der Waals surface area contributed by atoms with Crippen LogP contribution in [0.15, 0.2) is 22.6 Å². The summed E-state index contributed by atoms with van der Waals surface area (Å²) < 4.78 is 18.7. The molecule has 0 saturated heterocycles. The van der Waals surface area contributed by atoms with E-state index in [0.29, 0.717) is 23.4 Å². The van der Waals surface area contributed by atoms with Crippen LogP contribution in [0.3, 0.4) is 0 Å². The van der Waals surface area contributed by atoms with Crippen molar-refractivity contribution in [2.24, 2.45) is 0 Å². The number of benzene rings is 1. The summed E-state index contributed by atoms with van der Waals surface area (Å²) in [5, 5.41) is 17.2. The van der Waals surface area contributed by atoms with E-state index in [4.69, 9.17) is 16.0 Å². The molecular weight excluding hydrogens is 295 g/mol. The summed E-state index contributed by atoms with van der Waals surface area (Å²) in [6.07, 6.45) is 5.32. The van der Waals surface area contributed by atoms with Crippen molar-refractivity contribution in [2.45, 2.75) is 31.7 Å². The summed E-state index contributed by atoms with van der Waals surface area (Å²) >= 11 is 5.73. The minimum atomic E-state index is -0.525. The highest BCUT2D eigenvalue weighted by molar-refractivity contribution is 6.31. The Bertz CT molecular complexity index is 693. The van der Waals surface area contributed by atoms with Crippen LogP contribution < -0.4 is 4.90 Å². The molecule has 3 rings (SSSR count). The minimum absolute atomic E-state index is 0.0339. The molecule has 1 aromatic carbocycles. The first-order valence-electron chi connectivity index (χ1n) is 6.62. The first-order valence-corrected chi connectivity index (χ1v) is 7.00. The van der Waals surface area contributed by atoms with E-state index in [9.17, 15) is 9.65 Å². The maximum Gasteiger partial charge on any atom is 0.237 e. The molecule has 1 aliphatic rings. The molecule has 1 aliphatic carbocycles. The number of hydrogen-bond donors (Lipinski definition) is 0. The van der Waals surface area contributed by atoms with Gasteiger partial charge in [-0.25, -0.2) is 4.39 Å². The molecule has 0 aliphatic heterocycles. The highest BCUT2D eigenvalue weighted by Gasteiger charge is 2.25. The van der Waals surface area contributed by atoms with E-state index in [1.807, 2.05) is 6.19 Å². The van der Waals surface area contributed by atoms with Crippen molar-refractivity contribution >= 4 is 17.3 Å². The first kappa shape index (κ1) is 13.8. The second-order valence-corrected chi connectivity index (χ2v) is 5.35. The fraction of sp³-hybridized carbons (Fsp3) is 0.357. The summed E-state index contributed by atoms with van der Waals surface area (Å²) in [5.41, 5.74) is 0.479. The monoisotopic (exact) mass is 306 g/mol. The Hall–Kier alpha value is -2.13. The van der Waals surface area contributed by atoms with Gasteiger partial charge in [-0.05, 0) is 31.0 Å². The molecule has 21 heavy (non-hydrogen) atoms. The molecule has 108 valence electrons. The molecule has 1 heterocycles. The molecule has 0 spiro atoms. The highest BCUT2D eigenvalue weighted by atomic mass is 35.5. The van der Waals surface area contributed by atoms with Gasteiger partial charge in [-0.2, -0.15) is 5.26 Å². The number of nitriles is 1. The number of nitrogens with zero attached hydrogens (tertiary/aromatic N) is 4. The molecular formula is C14H12ClFN4O. The fourth-order valence-corrected chi connectivity index (χ4v) is 2.30. The fourth-order valence-electron chi connectivity index (χ4n) is 2.12. The van der Waals surface area contributed by atoms with Crippen molar-refractivity contribution in [1.82, 2.24) is 10.2 Å². The van der Waals surface area contributed by atoms with Crippen molar-refractivity contribution in [3.63, 3.8) is 0 Å². The van der Waals surface area contributed by atoms with E-state index in [-0.39, 0.29) is 11.6 Å². The van der Waals surface area contributed by atoms with Gasteiger partial charge < -0.3 is 4.42 Å². The van der Waals surface area contributed by atoms with Crippen LogP contribution in [0.5, 0.6) is 0 Å². The number of rotatable bonds is 4. The Kier molecular flexibility index (Phi) is 3.76. The van der Waals surface area contributed by atoms with Gasteiger partial charge in [-0.15, -0.1) is 10.2 Å². The van der Waals surface area contributed by atoms with Crippen molar-refractivity contribution < 1.29 is 8.81 Å². The van der Waals surface area contributed by atoms with Gasteiger partial charge in [-0.1, -0.05) is 18.0 Å². The van der Waals surface area contributed by atoms with Crippen LogP contribution in [0.2, 0.25) is 5.02 Å². The topological polar surface area (TPSA) is 66.0 Å². The Morgan fingerprint density at radius 1 is 1.43 bits per heavy atom. The summed E-state index contributed by atoms with van der Waals surface area (Å²) in [4.78, 5) is 1.32. The van der Waals surface area contributed by atoms with Gasteiger partial charge in [0.15, 0.2) is 6.19 Å². The van der Waals surface area contributed by atoms with Crippen LogP contribution in [0, 0.1) is 17.3 Å². The third-order valence-electron chi connectivity index (χ3n) is 3.57. The zero-order valence-electron chi connectivity index (χ0n) is 11.1. The van der Waals surface area contributed by atoms with E-state index in [2.05, 4.69) is 10.2 Å². The molecule has 1 fully saturated rings. The lowest BCUT2D eigenvalue weighted by Crippen LogP contribution is -2.16.